The zero-order valence-electron chi connectivity index (χ0n) is 12.6. The highest BCUT2D eigenvalue weighted by molar-refractivity contribution is 5.04. The Labute approximate surface area is 116 Å². The van der Waals surface area contributed by atoms with Crippen LogP contribution in [0.15, 0.2) is 12.3 Å². The van der Waals surface area contributed by atoms with E-state index in [1.54, 1.807) is 0 Å². The Bertz CT molecular complexity index is 388. The summed E-state index contributed by atoms with van der Waals surface area (Å²) in [7, 11) is 0. The van der Waals surface area contributed by atoms with Gasteiger partial charge in [0.25, 0.3) is 0 Å². The van der Waals surface area contributed by atoms with Gasteiger partial charge in [-0.05, 0) is 46.2 Å². The number of likely N-dealkylation sites (N-methyl/N-ethyl adjacent to an activating group) is 1. The maximum absolute atomic E-state index is 6.01. The van der Waals surface area contributed by atoms with E-state index in [-0.39, 0.29) is 0 Å². The van der Waals surface area contributed by atoms with E-state index in [1.807, 2.05) is 4.68 Å². The number of hydrogen-bond acceptors (Lipinski definition) is 3. The summed E-state index contributed by atoms with van der Waals surface area (Å²) >= 11 is 0. The van der Waals surface area contributed by atoms with Gasteiger partial charge in [0, 0.05) is 24.7 Å². The van der Waals surface area contributed by atoms with Crippen LogP contribution in [0.25, 0.3) is 0 Å². The van der Waals surface area contributed by atoms with E-state index in [4.69, 9.17) is 4.74 Å². The lowest BCUT2D eigenvalue weighted by Gasteiger charge is -2.23. The Morgan fingerprint density at radius 3 is 2.79 bits per heavy atom. The van der Waals surface area contributed by atoms with E-state index in [0.717, 1.165) is 25.1 Å². The number of nitrogens with one attached hydrogen (secondary N) is 1. The molecule has 3 unspecified atom stereocenters. The summed E-state index contributed by atoms with van der Waals surface area (Å²) < 4.78 is 8.03. The van der Waals surface area contributed by atoms with Crippen molar-refractivity contribution in [2.75, 3.05) is 6.54 Å². The second-order valence-electron chi connectivity index (χ2n) is 5.81. The number of rotatable bonds is 6. The minimum atomic E-state index is 0.333. The van der Waals surface area contributed by atoms with E-state index in [2.05, 4.69) is 50.4 Å². The van der Waals surface area contributed by atoms with Crippen LogP contribution in [-0.4, -0.2) is 34.6 Å². The fourth-order valence-corrected chi connectivity index (χ4v) is 2.73. The topological polar surface area (TPSA) is 39.1 Å². The molecule has 1 fully saturated rings. The maximum atomic E-state index is 6.01. The Kier molecular flexibility index (Phi) is 4.99. The first-order valence-corrected chi connectivity index (χ1v) is 7.53. The molecule has 1 aromatic rings. The van der Waals surface area contributed by atoms with Gasteiger partial charge in [-0.25, -0.2) is 0 Å². The van der Waals surface area contributed by atoms with Crippen LogP contribution < -0.4 is 5.32 Å². The second kappa shape index (κ2) is 6.53. The van der Waals surface area contributed by atoms with Crippen LogP contribution in [0.5, 0.6) is 0 Å². The molecule has 2 rings (SSSR count). The molecule has 3 atom stereocenters. The van der Waals surface area contributed by atoms with E-state index >= 15 is 0 Å². The van der Waals surface area contributed by atoms with Crippen LogP contribution in [0, 0.1) is 0 Å². The third-order valence-electron chi connectivity index (χ3n) is 3.80. The first-order valence-electron chi connectivity index (χ1n) is 7.53. The third kappa shape index (κ3) is 3.80. The molecule has 0 amide bonds. The van der Waals surface area contributed by atoms with Gasteiger partial charge in [0.1, 0.15) is 0 Å². The average Bonchev–Trinajstić information content (AvgIpc) is 2.97. The van der Waals surface area contributed by atoms with Crippen molar-refractivity contribution in [3.63, 3.8) is 0 Å². The SMILES string of the molecule is CCNC(Cc1ccn(C(C)C)n1)C1CCC(C)O1. The van der Waals surface area contributed by atoms with Gasteiger partial charge in [0.05, 0.1) is 17.9 Å². The fourth-order valence-electron chi connectivity index (χ4n) is 2.73. The molecule has 1 aliphatic heterocycles. The summed E-state index contributed by atoms with van der Waals surface area (Å²) in [5.74, 6) is 0. The quantitative estimate of drug-likeness (QED) is 0.859. The zero-order chi connectivity index (χ0) is 13.8. The van der Waals surface area contributed by atoms with Crippen LogP contribution >= 0.6 is 0 Å². The second-order valence-corrected chi connectivity index (χ2v) is 5.81. The largest absolute Gasteiger partial charge is 0.374 e. The van der Waals surface area contributed by atoms with Crippen LogP contribution in [0.2, 0.25) is 0 Å². The molecule has 0 aromatic carbocycles. The molecule has 4 nitrogen and oxygen atoms in total. The lowest BCUT2D eigenvalue weighted by atomic mass is 10.0. The van der Waals surface area contributed by atoms with Crippen molar-refractivity contribution in [2.45, 2.75) is 71.2 Å². The molecule has 0 aliphatic carbocycles. The van der Waals surface area contributed by atoms with Crippen LogP contribution in [0.1, 0.15) is 52.3 Å². The van der Waals surface area contributed by atoms with Crippen molar-refractivity contribution in [2.24, 2.45) is 0 Å². The first kappa shape index (κ1) is 14.5. The number of hydrogen-bond donors (Lipinski definition) is 1. The van der Waals surface area contributed by atoms with Crippen molar-refractivity contribution in [3.05, 3.63) is 18.0 Å². The van der Waals surface area contributed by atoms with Gasteiger partial charge in [-0.2, -0.15) is 5.10 Å². The molecular formula is C15H27N3O. The van der Waals surface area contributed by atoms with Crippen molar-refractivity contribution in [1.82, 2.24) is 15.1 Å². The normalized spacial score (nSPS) is 25.1. The average molecular weight is 265 g/mol. The molecule has 0 bridgehead atoms. The molecule has 2 heterocycles. The lowest BCUT2D eigenvalue weighted by molar-refractivity contribution is 0.0321. The molecular weight excluding hydrogens is 238 g/mol. The Morgan fingerprint density at radius 1 is 1.47 bits per heavy atom. The summed E-state index contributed by atoms with van der Waals surface area (Å²) in [6.45, 7) is 9.60. The van der Waals surface area contributed by atoms with Gasteiger partial charge in [-0.15, -0.1) is 0 Å². The fraction of sp³-hybridized carbons (Fsp3) is 0.800. The molecule has 4 heteroatoms. The van der Waals surface area contributed by atoms with E-state index in [9.17, 15) is 0 Å². The molecule has 19 heavy (non-hydrogen) atoms. The third-order valence-corrected chi connectivity index (χ3v) is 3.80. The van der Waals surface area contributed by atoms with Crippen molar-refractivity contribution in [1.29, 1.82) is 0 Å². The van der Waals surface area contributed by atoms with E-state index in [1.165, 1.54) is 6.42 Å². The predicted octanol–water partition coefficient (Wildman–Crippen LogP) is 2.55. The zero-order valence-corrected chi connectivity index (χ0v) is 12.6. The molecule has 0 radical (unpaired) electrons. The Hall–Kier alpha value is -0.870. The summed E-state index contributed by atoms with van der Waals surface area (Å²) in [4.78, 5) is 0. The molecule has 1 saturated heterocycles. The highest BCUT2D eigenvalue weighted by Gasteiger charge is 2.29. The van der Waals surface area contributed by atoms with Crippen molar-refractivity contribution in [3.8, 4) is 0 Å². The van der Waals surface area contributed by atoms with Gasteiger partial charge in [-0.1, -0.05) is 6.92 Å². The van der Waals surface area contributed by atoms with Gasteiger partial charge >= 0.3 is 0 Å². The monoisotopic (exact) mass is 265 g/mol. The van der Waals surface area contributed by atoms with Gasteiger partial charge in [0.15, 0.2) is 0 Å². The highest BCUT2D eigenvalue weighted by Crippen LogP contribution is 2.23. The minimum Gasteiger partial charge on any atom is -0.374 e. The predicted molar refractivity (Wildman–Crippen MR) is 77.3 cm³/mol. The minimum absolute atomic E-state index is 0.333. The summed E-state index contributed by atoms with van der Waals surface area (Å²) in [6.07, 6.45) is 6.08. The summed E-state index contributed by atoms with van der Waals surface area (Å²) in [6, 6.07) is 2.93. The van der Waals surface area contributed by atoms with Gasteiger partial charge in [-0.3, -0.25) is 4.68 Å². The maximum Gasteiger partial charge on any atom is 0.0736 e. The number of aromatic nitrogens is 2. The van der Waals surface area contributed by atoms with E-state index in [0.29, 0.717) is 24.3 Å². The Morgan fingerprint density at radius 2 is 2.26 bits per heavy atom. The van der Waals surface area contributed by atoms with Crippen LogP contribution in [-0.2, 0) is 11.2 Å². The van der Waals surface area contributed by atoms with Crippen molar-refractivity contribution >= 4 is 0 Å². The highest BCUT2D eigenvalue weighted by atomic mass is 16.5. The van der Waals surface area contributed by atoms with Gasteiger partial charge < -0.3 is 10.1 Å². The summed E-state index contributed by atoms with van der Waals surface area (Å²) in [5, 5.41) is 8.20. The van der Waals surface area contributed by atoms with Crippen molar-refractivity contribution < 1.29 is 4.74 Å². The van der Waals surface area contributed by atoms with E-state index < -0.39 is 0 Å². The first-order chi connectivity index (χ1) is 9.10. The molecule has 0 saturated carbocycles. The standard InChI is InChI=1S/C15H27N3O/c1-5-16-14(15-7-6-12(4)19-15)10-13-8-9-18(17-13)11(2)3/h8-9,11-12,14-16H,5-7,10H2,1-4H3. The number of ether oxygens (including phenoxy) is 1. The smallest absolute Gasteiger partial charge is 0.0736 e. The Balaban J connectivity index is 1.99. The molecule has 108 valence electrons. The summed E-state index contributed by atoms with van der Waals surface area (Å²) in [5.41, 5.74) is 1.16. The van der Waals surface area contributed by atoms with Crippen LogP contribution in [0.3, 0.4) is 0 Å². The molecule has 0 spiro atoms. The van der Waals surface area contributed by atoms with Gasteiger partial charge in [0.2, 0.25) is 0 Å². The molecule has 1 aromatic heterocycles. The van der Waals surface area contributed by atoms with Crippen LogP contribution in [0.4, 0.5) is 0 Å². The lowest BCUT2D eigenvalue weighted by Crippen LogP contribution is -2.41. The number of nitrogens with zero attached hydrogens (tertiary/aromatic N) is 2. The molecule has 1 N–H and O–H groups in total. The molecule has 1 aliphatic rings.